The number of nitrogens with one attached hydrogen (secondary N) is 2. The highest BCUT2D eigenvalue weighted by Crippen LogP contribution is 2.11. The van der Waals surface area contributed by atoms with E-state index in [1.165, 1.54) is 13.1 Å². The van der Waals surface area contributed by atoms with Crippen molar-refractivity contribution in [2.45, 2.75) is 6.92 Å². The van der Waals surface area contributed by atoms with Crippen LogP contribution in [0.3, 0.4) is 0 Å². The zero-order valence-corrected chi connectivity index (χ0v) is 7.23. The molecule has 0 aliphatic heterocycles. The zero-order chi connectivity index (χ0) is 9.14. The average Bonchev–Trinajstić information content (AvgIpc) is 1.94. The minimum Gasteiger partial charge on any atom is -0.383 e. The first kappa shape index (κ1) is 8.66. The van der Waals surface area contributed by atoms with Gasteiger partial charge in [0.05, 0.1) is 6.20 Å². The van der Waals surface area contributed by atoms with Crippen molar-refractivity contribution in [3.8, 4) is 0 Å². The molecule has 4 N–H and O–H groups in total. The van der Waals surface area contributed by atoms with Gasteiger partial charge in [-0.05, 0) is 12.2 Å². The van der Waals surface area contributed by atoms with Crippen LogP contribution in [0.25, 0.3) is 0 Å². The molecule has 0 bridgehead atoms. The summed E-state index contributed by atoms with van der Waals surface area (Å²) in [6.07, 6.45) is 1.41. The SMILES string of the molecule is CC(=O)Nc1cnc(=S)[nH]c1N. The van der Waals surface area contributed by atoms with Gasteiger partial charge in [0.2, 0.25) is 5.91 Å². The number of carbonyl (C=O) groups is 1. The van der Waals surface area contributed by atoms with Crippen LogP contribution in [-0.2, 0) is 4.79 Å². The number of hydrogen-bond donors (Lipinski definition) is 3. The molecule has 0 aliphatic rings. The van der Waals surface area contributed by atoms with E-state index in [4.69, 9.17) is 18.0 Å². The van der Waals surface area contributed by atoms with E-state index < -0.39 is 0 Å². The standard InChI is InChI=1S/C6H8N4OS/c1-3(11)9-4-2-8-6(12)10-5(4)7/h2H,1H3,(H,9,11)(H3,7,8,10,12). The van der Waals surface area contributed by atoms with Gasteiger partial charge in [0.25, 0.3) is 0 Å². The van der Waals surface area contributed by atoms with E-state index in [0.29, 0.717) is 16.3 Å². The van der Waals surface area contributed by atoms with Gasteiger partial charge in [-0.25, -0.2) is 4.98 Å². The van der Waals surface area contributed by atoms with E-state index in [0.717, 1.165) is 0 Å². The van der Waals surface area contributed by atoms with Crippen LogP contribution in [0.5, 0.6) is 0 Å². The van der Waals surface area contributed by atoms with Crippen LogP contribution in [0, 0.1) is 4.77 Å². The number of nitrogens with zero attached hydrogens (tertiary/aromatic N) is 1. The van der Waals surface area contributed by atoms with E-state index in [1.807, 2.05) is 0 Å². The molecule has 1 rings (SSSR count). The lowest BCUT2D eigenvalue weighted by molar-refractivity contribution is -0.114. The van der Waals surface area contributed by atoms with Gasteiger partial charge in [-0.2, -0.15) is 0 Å². The molecule has 6 heteroatoms. The summed E-state index contributed by atoms with van der Waals surface area (Å²) in [6.45, 7) is 1.39. The van der Waals surface area contributed by atoms with Crippen LogP contribution in [-0.4, -0.2) is 15.9 Å². The number of hydrogen-bond acceptors (Lipinski definition) is 4. The Hall–Kier alpha value is -1.43. The maximum absolute atomic E-state index is 10.6. The van der Waals surface area contributed by atoms with Crippen LogP contribution in [0.15, 0.2) is 6.20 Å². The molecule has 0 aromatic carbocycles. The predicted molar refractivity (Wildman–Crippen MR) is 48.1 cm³/mol. The number of H-pyrrole nitrogens is 1. The Morgan fingerprint density at radius 1 is 1.83 bits per heavy atom. The highest BCUT2D eigenvalue weighted by Gasteiger charge is 1.99. The molecule has 0 aliphatic carbocycles. The summed E-state index contributed by atoms with van der Waals surface area (Å²) in [7, 11) is 0. The first-order valence-corrected chi connectivity index (χ1v) is 3.63. The fourth-order valence-corrected chi connectivity index (χ4v) is 0.859. The van der Waals surface area contributed by atoms with E-state index in [1.54, 1.807) is 0 Å². The summed E-state index contributed by atoms with van der Waals surface area (Å²) in [6, 6.07) is 0. The number of aromatic amines is 1. The predicted octanol–water partition coefficient (Wildman–Crippen LogP) is 0.680. The number of nitrogen functional groups attached to an aromatic ring is 1. The quantitative estimate of drug-likeness (QED) is 0.560. The van der Waals surface area contributed by atoms with E-state index in [9.17, 15) is 4.79 Å². The van der Waals surface area contributed by atoms with Gasteiger partial charge >= 0.3 is 0 Å². The molecular weight excluding hydrogens is 176 g/mol. The number of rotatable bonds is 1. The summed E-state index contributed by atoms with van der Waals surface area (Å²) in [5.41, 5.74) is 5.93. The molecule has 64 valence electrons. The van der Waals surface area contributed by atoms with Gasteiger partial charge in [0, 0.05) is 6.92 Å². The molecule has 0 radical (unpaired) electrons. The lowest BCUT2D eigenvalue weighted by Gasteiger charge is -2.03. The van der Waals surface area contributed by atoms with Crippen LogP contribution < -0.4 is 11.1 Å². The first-order chi connectivity index (χ1) is 5.59. The Kier molecular flexibility index (Phi) is 2.39. The van der Waals surface area contributed by atoms with Gasteiger partial charge in [-0.3, -0.25) is 4.79 Å². The Morgan fingerprint density at radius 2 is 2.50 bits per heavy atom. The van der Waals surface area contributed by atoms with Gasteiger partial charge < -0.3 is 16.0 Å². The molecule has 0 spiro atoms. The fraction of sp³-hybridized carbons (Fsp3) is 0.167. The summed E-state index contributed by atoms with van der Waals surface area (Å²) in [5, 5.41) is 2.50. The second kappa shape index (κ2) is 3.31. The molecule has 0 fully saturated rings. The molecule has 5 nitrogen and oxygen atoms in total. The monoisotopic (exact) mass is 184 g/mol. The van der Waals surface area contributed by atoms with Crippen molar-refractivity contribution >= 4 is 29.6 Å². The summed E-state index contributed by atoms with van der Waals surface area (Å²) >= 11 is 4.71. The third-order valence-electron chi connectivity index (χ3n) is 1.15. The second-order valence-corrected chi connectivity index (χ2v) is 2.58. The molecule has 1 aromatic rings. The lowest BCUT2D eigenvalue weighted by Crippen LogP contribution is -2.09. The maximum atomic E-state index is 10.6. The van der Waals surface area contributed by atoms with Crippen LogP contribution in [0.2, 0.25) is 0 Å². The highest BCUT2D eigenvalue weighted by atomic mass is 32.1. The Labute approximate surface area is 74.0 Å². The van der Waals surface area contributed by atoms with Crippen molar-refractivity contribution in [2.75, 3.05) is 11.1 Å². The van der Waals surface area contributed by atoms with Crippen molar-refractivity contribution in [1.29, 1.82) is 0 Å². The van der Waals surface area contributed by atoms with E-state index in [2.05, 4.69) is 15.3 Å². The number of nitrogens with two attached hydrogens (primary N) is 1. The largest absolute Gasteiger partial charge is 0.383 e. The van der Waals surface area contributed by atoms with Crippen molar-refractivity contribution in [3.05, 3.63) is 11.0 Å². The first-order valence-electron chi connectivity index (χ1n) is 3.22. The normalized spacial score (nSPS) is 9.42. The minimum atomic E-state index is -0.200. The highest BCUT2D eigenvalue weighted by molar-refractivity contribution is 7.71. The molecule has 0 saturated heterocycles. The molecule has 0 unspecified atom stereocenters. The average molecular weight is 184 g/mol. The Bertz CT molecular complexity index is 359. The van der Waals surface area contributed by atoms with Gasteiger partial charge in [-0.1, -0.05) is 0 Å². The molecule has 1 heterocycles. The summed E-state index contributed by atoms with van der Waals surface area (Å²) in [4.78, 5) is 17.0. The summed E-state index contributed by atoms with van der Waals surface area (Å²) < 4.78 is 0.293. The Morgan fingerprint density at radius 3 is 3.00 bits per heavy atom. The van der Waals surface area contributed by atoms with Crippen LogP contribution >= 0.6 is 12.2 Å². The fourth-order valence-electron chi connectivity index (χ4n) is 0.697. The maximum Gasteiger partial charge on any atom is 0.221 e. The van der Waals surface area contributed by atoms with Gasteiger partial charge in [0.15, 0.2) is 4.77 Å². The van der Waals surface area contributed by atoms with Crippen LogP contribution in [0.4, 0.5) is 11.5 Å². The van der Waals surface area contributed by atoms with Crippen molar-refractivity contribution in [3.63, 3.8) is 0 Å². The van der Waals surface area contributed by atoms with Crippen molar-refractivity contribution < 1.29 is 4.79 Å². The van der Waals surface area contributed by atoms with Gasteiger partial charge in [0.1, 0.15) is 11.5 Å². The lowest BCUT2D eigenvalue weighted by atomic mass is 10.4. The number of amides is 1. The zero-order valence-electron chi connectivity index (χ0n) is 6.42. The molecule has 0 atom stereocenters. The number of anilines is 2. The van der Waals surface area contributed by atoms with Crippen molar-refractivity contribution in [2.24, 2.45) is 0 Å². The van der Waals surface area contributed by atoms with E-state index >= 15 is 0 Å². The molecule has 1 amide bonds. The molecule has 1 aromatic heterocycles. The molecule has 12 heavy (non-hydrogen) atoms. The Balaban J connectivity index is 3.01. The smallest absolute Gasteiger partial charge is 0.221 e. The molecule has 0 saturated carbocycles. The third-order valence-corrected chi connectivity index (χ3v) is 1.36. The van der Waals surface area contributed by atoms with Crippen molar-refractivity contribution in [1.82, 2.24) is 9.97 Å². The second-order valence-electron chi connectivity index (χ2n) is 2.20. The van der Waals surface area contributed by atoms with Crippen LogP contribution in [0.1, 0.15) is 6.92 Å². The number of carbonyl (C=O) groups excluding carboxylic acids is 1. The van der Waals surface area contributed by atoms with E-state index in [-0.39, 0.29) is 5.91 Å². The topological polar surface area (TPSA) is 83.8 Å². The molecular formula is C6H8N4OS. The third kappa shape index (κ3) is 2.03. The number of aromatic nitrogens is 2. The summed E-state index contributed by atoms with van der Waals surface area (Å²) in [5.74, 6) is 0.110. The minimum absolute atomic E-state index is 0.200. The van der Waals surface area contributed by atoms with Gasteiger partial charge in [-0.15, -0.1) is 0 Å².